The van der Waals surface area contributed by atoms with Gasteiger partial charge in [-0.05, 0) is 7.05 Å². The molecule has 0 saturated carbocycles. The van der Waals surface area contributed by atoms with Crippen molar-refractivity contribution in [3.63, 3.8) is 0 Å². The zero-order valence-electron chi connectivity index (χ0n) is 11.7. The molecule has 1 saturated heterocycles. The number of nitrogens with zero attached hydrogens (tertiary/aromatic N) is 2. The molecular formula is C13H21N3O3. The fourth-order valence-electron chi connectivity index (χ4n) is 2.12. The van der Waals surface area contributed by atoms with Crippen molar-refractivity contribution in [2.45, 2.75) is 25.9 Å². The van der Waals surface area contributed by atoms with Gasteiger partial charge in [-0.3, -0.25) is 4.79 Å². The molecule has 6 nitrogen and oxygen atoms in total. The lowest BCUT2D eigenvalue weighted by Crippen LogP contribution is -2.46. The summed E-state index contributed by atoms with van der Waals surface area (Å²) in [6.07, 6.45) is 1.35. The predicted octanol–water partition coefficient (Wildman–Crippen LogP) is 0.858. The quantitative estimate of drug-likeness (QED) is 0.876. The van der Waals surface area contributed by atoms with Gasteiger partial charge in [0.1, 0.15) is 5.76 Å². The van der Waals surface area contributed by atoms with E-state index in [0.717, 1.165) is 13.1 Å². The van der Waals surface area contributed by atoms with E-state index in [1.165, 1.54) is 6.39 Å². The van der Waals surface area contributed by atoms with Crippen molar-refractivity contribution in [3.8, 4) is 0 Å². The van der Waals surface area contributed by atoms with E-state index in [9.17, 15) is 4.79 Å². The lowest BCUT2D eigenvalue weighted by atomic mass is 10.1. The molecular weight excluding hydrogens is 246 g/mol. The van der Waals surface area contributed by atoms with Crippen LogP contribution in [-0.4, -0.2) is 55.2 Å². The van der Waals surface area contributed by atoms with Crippen LogP contribution in [0, 0.1) is 0 Å². The predicted molar refractivity (Wildman–Crippen MR) is 70.2 cm³/mol. The molecule has 1 aromatic heterocycles. The summed E-state index contributed by atoms with van der Waals surface area (Å²) in [4.78, 5) is 18.2. The highest BCUT2D eigenvalue weighted by Crippen LogP contribution is 2.17. The number of carbonyl (C=O) groups excluding carboxylic acids is 1. The molecule has 0 aromatic carbocycles. The molecule has 0 aliphatic carbocycles. The number of amides is 1. The third-order valence-corrected chi connectivity index (χ3v) is 3.17. The maximum absolute atomic E-state index is 12.1. The summed E-state index contributed by atoms with van der Waals surface area (Å²) < 4.78 is 10.8. The Bertz CT molecular complexity index is 431. The molecule has 1 aromatic rings. The summed E-state index contributed by atoms with van der Waals surface area (Å²) in [5.41, 5.74) is 0.374. The molecule has 1 aliphatic rings. The standard InChI is InChI=1S/C13H21N3O3/c1-9(2)12-11(15-8-19-12)13(17)14-6-10-7-16(3)4-5-18-10/h8-10H,4-7H2,1-3H3,(H,14,17). The van der Waals surface area contributed by atoms with Crippen LogP contribution in [0.5, 0.6) is 0 Å². The number of likely N-dealkylation sites (N-methyl/N-ethyl adjacent to an activating group) is 1. The van der Waals surface area contributed by atoms with Crippen molar-refractivity contribution < 1.29 is 13.9 Å². The summed E-state index contributed by atoms with van der Waals surface area (Å²) in [6.45, 7) is 6.90. The molecule has 1 N–H and O–H groups in total. The number of ether oxygens (including phenoxy) is 1. The summed E-state index contributed by atoms with van der Waals surface area (Å²) >= 11 is 0. The van der Waals surface area contributed by atoms with Crippen molar-refractivity contribution in [2.24, 2.45) is 0 Å². The molecule has 2 rings (SSSR count). The number of rotatable bonds is 4. The van der Waals surface area contributed by atoms with Crippen LogP contribution in [-0.2, 0) is 4.74 Å². The van der Waals surface area contributed by atoms with Gasteiger partial charge >= 0.3 is 0 Å². The number of aromatic nitrogens is 1. The molecule has 0 spiro atoms. The van der Waals surface area contributed by atoms with E-state index in [1.807, 2.05) is 20.9 Å². The molecule has 106 valence electrons. The van der Waals surface area contributed by atoms with Gasteiger partial charge in [-0.25, -0.2) is 4.98 Å². The van der Waals surface area contributed by atoms with Crippen molar-refractivity contribution in [1.82, 2.24) is 15.2 Å². The normalized spacial score (nSPS) is 20.7. The molecule has 1 atom stereocenters. The molecule has 1 aliphatic heterocycles. The first-order valence-corrected chi connectivity index (χ1v) is 6.59. The van der Waals surface area contributed by atoms with E-state index in [2.05, 4.69) is 15.2 Å². The van der Waals surface area contributed by atoms with Crippen LogP contribution >= 0.6 is 0 Å². The van der Waals surface area contributed by atoms with Gasteiger partial charge in [0.15, 0.2) is 12.1 Å². The van der Waals surface area contributed by atoms with Gasteiger partial charge < -0.3 is 19.4 Å². The molecule has 1 fully saturated rings. The summed E-state index contributed by atoms with van der Waals surface area (Å²) in [7, 11) is 2.05. The molecule has 0 bridgehead atoms. The largest absolute Gasteiger partial charge is 0.447 e. The zero-order valence-corrected chi connectivity index (χ0v) is 11.7. The average molecular weight is 267 g/mol. The Kier molecular flexibility index (Phi) is 4.55. The van der Waals surface area contributed by atoms with Crippen LogP contribution in [0.3, 0.4) is 0 Å². The Morgan fingerprint density at radius 2 is 2.42 bits per heavy atom. The average Bonchev–Trinajstić information content (AvgIpc) is 2.85. The van der Waals surface area contributed by atoms with Gasteiger partial charge in [-0.2, -0.15) is 0 Å². The first-order chi connectivity index (χ1) is 9.08. The first-order valence-electron chi connectivity index (χ1n) is 6.59. The number of nitrogens with one attached hydrogen (secondary N) is 1. The Balaban J connectivity index is 1.88. The number of oxazole rings is 1. The zero-order chi connectivity index (χ0) is 13.8. The molecule has 1 amide bonds. The molecule has 6 heteroatoms. The van der Waals surface area contributed by atoms with E-state index in [-0.39, 0.29) is 17.9 Å². The minimum absolute atomic E-state index is 0.0390. The van der Waals surface area contributed by atoms with Crippen LogP contribution in [0.4, 0.5) is 0 Å². The van der Waals surface area contributed by atoms with E-state index in [1.54, 1.807) is 0 Å². The first kappa shape index (κ1) is 14.0. The SMILES string of the molecule is CC(C)c1ocnc1C(=O)NCC1CN(C)CCO1. The van der Waals surface area contributed by atoms with E-state index < -0.39 is 0 Å². The second-order valence-electron chi connectivity index (χ2n) is 5.18. The smallest absolute Gasteiger partial charge is 0.273 e. The van der Waals surface area contributed by atoms with Gasteiger partial charge in [-0.1, -0.05) is 13.8 Å². The number of hydrogen-bond acceptors (Lipinski definition) is 5. The maximum atomic E-state index is 12.1. The summed E-state index contributed by atoms with van der Waals surface area (Å²) in [6, 6.07) is 0. The molecule has 0 radical (unpaired) electrons. The molecule has 19 heavy (non-hydrogen) atoms. The van der Waals surface area contributed by atoms with Gasteiger partial charge in [0, 0.05) is 25.6 Å². The monoisotopic (exact) mass is 267 g/mol. The van der Waals surface area contributed by atoms with E-state index in [4.69, 9.17) is 9.15 Å². The fourth-order valence-corrected chi connectivity index (χ4v) is 2.12. The minimum Gasteiger partial charge on any atom is -0.447 e. The highest BCUT2D eigenvalue weighted by atomic mass is 16.5. The Labute approximate surface area is 113 Å². The molecule has 1 unspecified atom stereocenters. The van der Waals surface area contributed by atoms with Crippen LogP contribution in [0.25, 0.3) is 0 Å². The fraction of sp³-hybridized carbons (Fsp3) is 0.692. The maximum Gasteiger partial charge on any atom is 0.273 e. The lowest BCUT2D eigenvalue weighted by molar-refractivity contribution is -0.0175. The van der Waals surface area contributed by atoms with Crippen LogP contribution < -0.4 is 5.32 Å². The Morgan fingerprint density at radius 1 is 1.63 bits per heavy atom. The third kappa shape index (κ3) is 3.54. The number of carbonyl (C=O) groups is 1. The van der Waals surface area contributed by atoms with Crippen molar-refractivity contribution in [1.29, 1.82) is 0 Å². The van der Waals surface area contributed by atoms with Crippen LogP contribution in [0.15, 0.2) is 10.8 Å². The van der Waals surface area contributed by atoms with Gasteiger partial charge in [-0.15, -0.1) is 0 Å². The summed E-state index contributed by atoms with van der Waals surface area (Å²) in [5.74, 6) is 0.564. The van der Waals surface area contributed by atoms with Gasteiger partial charge in [0.2, 0.25) is 0 Å². The van der Waals surface area contributed by atoms with Crippen molar-refractivity contribution in [3.05, 3.63) is 17.8 Å². The number of hydrogen-bond donors (Lipinski definition) is 1. The minimum atomic E-state index is -0.200. The van der Waals surface area contributed by atoms with E-state index in [0.29, 0.717) is 24.6 Å². The topological polar surface area (TPSA) is 67.6 Å². The Hall–Kier alpha value is -1.40. The lowest BCUT2D eigenvalue weighted by Gasteiger charge is -2.30. The third-order valence-electron chi connectivity index (χ3n) is 3.17. The number of morpholine rings is 1. The van der Waals surface area contributed by atoms with Crippen molar-refractivity contribution in [2.75, 3.05) is 33.3 Å². The van der Waals surface area contributed by atoms with Crippen LogP contribution in [0.2, 0.25) is 0 Å². The highest BCUT2D eigenvalue weighted by Gasteiger charge is 2.22. The van der Waals surface area contributed by atoms with Crippen LogP contribution in [0.1, 0.15) is 36.0 Å². The molecule has 2 heterocycles. The van der Waals surface area contributed by atoms with E-state index >= 15 is 0 Å². The van der Waals surface area contributed by atoms with Crippen molar-refractivity contribution >= 4 is 5.91 Å². The second-order valence-corrected chi connectivity index (χ2v) is 5.18. The highest BCUT2D eigenvalue weighted by molar-refractivity contribution is 5.93. The summed E-state index contributed by atoms with van der Waals surface area (Å²) in [5, 5.41) is 2.86. The Morgan fingerprint density at radius 3 is 3.11 bits per heavy atom. The van der Waals surface area contributed by atoms with Gasteiger partial charge in [0.05, 0.1) is 12.7 Å². The second kappa shape index (κ2) is 6.16. The van der Waals surface area contributed by atoms with Gasteiger partial charge in [0.25, 0.3) is 5.91 Å².